The Morgan fingerprint density at radius 2 is 2.00 bits per heavy atom. The van der Waals surface area contributed by atoms with Crippen molar-refractivity contribution in [1.82, 2.24) is 4.57 Å². The van der Waals surface area contributed by atoms with Gasteiger partial charge in [0.15, 0.2) is 10.6 Å². The van der Waals surface area contributed by atoms with Crippen LogP contribution in [0.1, 0.15) is 34.1 Å². The first-order valence-corrected chi connectivity index (χ1v) is 7.63. The highest BCUT2D eigenvalue weighted by Crippen LogP contribution is 2.23. The van der Waals surface area contributed by atoms with Crippen molar-refractivity contribution in [2.24, 2.45) is 10.4 Å². The lowest BCUT2D eigenvalue weighted by atomic mass is 9.96. The van der Waals surface area contributed by atoms with Crippen LogP contribution in [-0.4, -0.2) is 10.5 Å². The van der Waals surface area contributed by atoms with Gasteiger partial charge in [0, 0.05) is 18.0 Å². The average Bonchev–Trinajstić information content (AvgIpc) is 2.66. The summed E-state index contributed by atoms with van der Waals surface area (Å²) in [4.78, 5) is 16.6. The zero-order valence-electron chi connectivity index (χ0n) is 12.5. The first kappa shape index (κ1) is 15.8. The summed E-state index contributed by atoms with van der Waals surface area (Å²) in [6.45, 7) is 7.80. The van der Waals surface area contributed by atoms with E-state index in [1.54, 1.807) is 25.3 Å². The van der Waals surface area contributed by atoms with Crippen LogP contribution in [0.3, 0.4) is 0 Å². The van der Waals surface area contributed by atoms with Crippen LogP contribution >= 0.6 is 11.3 Å². The van der Waals surface area contributed by atoms with Gasteiger partial charge in [0.25, 0.3) is 5.91 Å². The quantitative estimate of drug-likeness (QED) is 0.829. The maximum Gasteiger partial charge on any atom is 0.253 e. The minimum Gasteiger partial charge on any atom is -0.314 e. The summed E-state index contributed by atoms with van der Waals surface area (Å²) in [6.07, 6.45) is 0.763. The van der Waals surface area contributed by atoms with Gasteiger partial charge in [-0.3, -0.25) is 4.79 Å². The number of halogens is 2. The first-order valence-electron chi connectivity index (χ1n) is 6.81. The van der Waals surface area contributed by atoms with Crippen LogP contribution in [0.25, 0.3) is 10.2 Å². The molecule has 2 aromatic rings. The molecule has 1 amide bonds. The van der Waals surface area contributed by atoms with Crippen LogP contribution in [-0.2, 0) is 11.3 Å². The van der Waals surface area contributed by atoms with Gasteiger partial charge < -0.3 is 4.57 Å². The van der Waals surface area contributed by atoms with Crippen molar-refractivity contribution in [3.8, 4) is 0 Å². The molecule has 3 nitrogen and oxygen atoms in total. The van der Waals surface area contributed by atoms with Gasteiger partial charge in [0.1, 0.15) is 5.82 Å². The molecule has 0 aliphatic heterocycles. The highest BCUT2D eigenvalue weighted by Gasteiger charge is 2.21. The molecule has 0 bridgehead atoms. The minimum atomic E-state index is -0.626. The van der Waals surface area contributed by atoms with Gasteiger partial charge in [-0.2, -0.15) is 4.99 Å². The molecule has 0 aliphatic carbocycles. The summed E-state index contributed by atoms with van der Waals surface area (Å²) >= 11 is 1.13. The Balaban J connectivity index is 2.74. The number of aryl methyl sites for hydroxylation is 1. The van der Waals surface area contributed by atoms with E-state index in [2.05, 4.69) is 4.99 Å². The van der Waals surface area contributed by atoms with E-state index in [-0.39, 0.29) is 5.91 Å². The zero-order valence-corrected chi connectivity index (χ0v) is 13.4. The maximum absolute atomic E-state index is 14.0. The van der Waals surface area contributed by atoms with Crippen molar-refractivity contribution < 1.29 is 13.6 Å². The highest BCUT2D eigenvalue weighted by molar-refractivity contribution is 7.16. The van der Waals surface area contributed by atoms with Crippen LogP contribution in [0, 0.1) is 17.0 Å². The molecule has 0 spiro atoms. The molecular formula is C15H18F2N2OS. The minimum absolute atomic E-state index is 0.278. The lowest BCUT2D eigenvalue weighted by Crippen LogP contribution is -2.23. The molecule has 1 aromatic carbocycles. The smallest absolute Gasteiger partial charge is 0.253 e. The van der Waals surface area contributed by atoms with E-state index in [1.165, 1.54) is 6.07 Å². The Kier molecular flexibility index (Phi) is 4.27. The molecule has 0 fully saturated rings. The molecular weight excluding hydrogens is 294 g/mol. The van der Waals surface area contributed by atoms with E-state index >= 15 is 0 Å². The van der Waals surface area contributed by atoms with E-state index in [0.717, 1.165) is 23.8 Å². The second-order valence-electron chi connectivity index (χ2n) is 5.94. The van der Waals surface area contributed by atoms with Crippen LogP contribution in [0.2, 0.25) is 0 Å². The number of benzene rings is 1. The third-order valence-corrected chi connectivity index (χ3v) is 4.01. The molecule has 0 N–H and O–H groups in total. The van der Waals surface area contributed by atoms with Gasteiger partial charge in [-0.15, -0.1) is 0 Å². The topological polar surface area (TPSA) is 34.4 Å². The van der Waals surface area contributed by atoms with E-state index in [1.807, 2.05) is 6.92 Å². The molecule has 0 saturated heterocycles. The van der Waals surface area contributed by atoms with Crippen LogP contribution in [0.4, 0.5) is 8.78 Å². The van der Waals surface area contributed by atoms with E-state index in [0.29, 0.717) is 21.6 Å². The molecule has 0 unspecified atom stereocenters. The number of amides is 1. The van der Waals surface area contributed by atoms with Gasteiger partial charge >= 0.3 is 0 Å². The fourth-order valence-corrected chi connectivity index (χ4v) is 2.99. The van der Waals surface area contributed by atoms with Crippen molar-refractivity contribution in [1.29, 1.82) is 0 Å². The predicted octanol–water partition coefficient (Wildman–Crippen LogP) is 3.86. The molecule has 0 saturated carbocycles. The first-order chi connectivity index (χ1) is 9.74. The van der Waals surface area contributed by atoms with Crippen molar-refractivity contribution in [2.45, 2.75) is 40.7 Å². The van der Waals surface area contributed by atoms with Crippen molar-refractivity contribution in [3.63, 3.8) is 0 Å². The monoisotopic (exact) mass is 312 g/mol. The number of nitrogens with zero attached hydrogens (tertiary/aromatic N) is 2. The number of hydrogen-bond donors (Lipinski definition) is 0. The lowest BCUT2D eigenvalue weighted by Gasteiger charge is -2.11. The zero-order chi connectivity index (χ0) is 15.8. The summed E-state index contributed by atoms with van der Waals surface area (Å²) in [5.74, 6) is -1.53. The van der Waals surface area contributed by atoms with Crippen LogP contribution < -0.4 is 4.80 Å². The average molecular weight is 312 g/mol. The van der Waals surface area contributed by atoms with E-state index in [4.69, 9.17) is 0 Å². The van der Waals surface area contributed by atoms with Crippen molar-refractivity contribution >= 4 is 27.5 Å². The van der Waals surface area contributed by atoms with Gasteiger partial charge in [0.05, 0.1) is 10.2 Å². The standard InChI is InChI=1S/C15H18F2N2OS/c1-5-6-19-12-10(17)7-9(16)8-11(12)21-14(19)18-13(20)15(2,3)4/h7-8H,5-6H2,1-4H3. The van der Waals surface area contributed by atoms with Crippen LogP contribution in [0.15, 0.2) is 17.1 Å². The predicted molar refractivity (Wildman–Crippen MR) is 80.0 cm³/mol. The van der Waals surface area contributed by atoms with E-state index in [9.17, 15) is 13.6 Å². The molecule has 0 aliphatic rings. The lowest BCUT2D eigenvalue weighted by molar-refractivity contribution is -0.125. The molecule has 21 heavy (non-hydrogen) atoms. The largest absolute Gasteiger partial charge is 0.314 e. The summed E-state index contributed by atoms with van der Waals surface area (Å²) in [6, 6.07) is 2.13. The Morgan fingerprint density at radius 1 is 1.33 bits per heavy atom. The number of thiazole rings is 1. The molecule has 6 heteroatoms. The van der Waals surface area contributed by atoms with Crippen molar-refractivity contribution in [3.05, 3.63) is 28.6 Å². The van der Waals surface area contributed by atoms with Gasteiger partial charge in [0.2, 0.25) is 0 Å². The molecule has 0 atom stereocenters. The fourth-order valence-electron chi connectivity index (χ4n) is 1.90. The molecule has 1 heterocycles. The Morgan fingerprint density at radius 3 is 2.57 bits per heavy atom. The highest BCUT2D eigenvalue weighted by atomic mass is 32.1. The number of carbonyl (C=O) groups excluding carboxylic acids is 1. The summed E-state index contributed by atoms with van der Waals surface area (Å²) in [5, 5.41) is 0. The Labute approximate surface area is 125 Å². The third-order valence-electron chi connectivity index (χ3n) is 2.98. The number of fused-ring (bicyclic) bond motifs is 1. The number of hydrogen-bond acceptors (Lipinski definition) is 2. The maximum atomic E-state index is 14.0. The van der Waals surface area contributed by atoms with Gasteiger partial charge in [-0.25, -0.2) is 8.78 Å². The molecule has 114 valence electrons. The van der Waals surface area contributed by atoms with Crippen LogP contribution in [0.5, 0.6) is 0 Å². The summed E-state index contributed by atoms with van der Waals surface area (Å²) in [7, 11) is 0. The number of rotatable bonds is 2. The fraction of sp³-hybridized carbons (Fsp3) is 0.467. The molecule has 2 rings (SSSR count). The van der Waals surface area contributed by atoms with Gasteiger partial charge in [-0.05, 0) is 12.5 Å². The summed E-state index contributed by atoms with van der Waals surface area (Å²) in [5.41, 5.74) is -0.298. The van der Waals surface area contributed by atoms with Crippen molar-refractivity contribution in [2.75, 3.05) is 0 Å². The third kappa shape index (κ3) is 3.20. The summed E-state index contributed by atoms with van der Waals surface area (Å²) < 4.78 is 29.5. The number of aromatic nitrogens is 1. The Hall–Kier alpha value is -1.56. The molecule has 0 radical (unpaired) electrons. The molecule has 1 aromatic heterocycles. The second kappa shape index (κ2) is 5.67. The van der Waals surface area contributed by atoms with E-state index < -0.39 is 17.0 Å². The number of carbonyl (C=O) groups is 1. The normalized spacial score (nSPS) is 13.1. The Bertz CT molecular complexity index is 753. The second-order valence-corrected chi connectivity index (χ2v) is 6.95. The van der Waals surface area contributed by atoms with Gasteiger partial charge in [-0.1, -0.05) is 39.0 Å². The SMILES string of the molecule is CCCn1c(=NC(=O)C(C)(C)C)sc2cc(F)cc(F)c21.